The Morgan fingerprint density at radius 3 is 2.42 bits per heavy atom. The molecular formula is C17H26N5O4+. The second kappa shape index (κ2) is 9.14. The maximum absolute atomic E-state index is 12.1. The molecule has 1 saturated heterocycles. The number of amides is 2. The fraction of sp³-hybridized carbons (Fsp3) is 0.529. The van der Waals surface area contributed by atoms with Crippen LogP contribution in [0.15, 0.2) is 24.3 Å². The van der Waals surface area contributed by atoms with Gasteiger partial charge in [0.05, 0.1) is 31.1 Å². The molecule has 0 unspecified atom stereocenters. The van der Waals surface area contributed by atoms with Crippen molar-refractivity contribution in [2.45, 2.75) is 19.9 Å². The van der Waals surface area contributed by atoms with Gasteiger partial charge in [-0.2, -0.15) is 0 Å². The average molecular weight is 364 g/mol. The van der Waals surface area contributed by atoms with Crippen molar-refractivity contribution in [1.82, 2.24) is 10.6 Å². The lowest BCUT2D eigenvalue weighted by atomic mass is 10.2. The van der Waals surface area contributed by atoms with Crippen molar-refractivity contribution in [3.8, 4) is 0 Å². The number of likely N-dealkylation sites (N-methyl/N-ethyl adjacent to an activating group) is 1. The molecule has 142 valence electrons. The van der Waals surface area contributed by atoms with Gasteiger partial charge in [0.25, 0.3) is 11.6 Å². The van der Waals surface area contributed by atoms with Crippen LogP contribution in [-0.2, 0) is 9.59 Å². The second-order valence-electron chi connectivity index (χ2n) is 6.37. The van der Waals surface area contributed by atoms with Gasteiger partial charge in [0.2, 0.25) is 5.91 Å². The van der Waals surface area contributed by atoms with Crippen LogP contribution in [0.4, 0.5) is 11.4 Å². The highest BCUT2D eigenvalue weighted by molar-refractivity contribution is 5.87. The van der Waals surface area contributed by atoms with E-state index >= 15 is 0 Å². The van der Waals surface area contributed by atoms with Crippen molar-refractivity contribution in [3.05, 3.63) is 34.4 Å². The number of nitro benzene ring substituents is 1. The van der Waals surface area contributed by atoms with E-state index in [0.717, 1.165) is 36.8 Å². The summed E-state index contributed by atoms with van der Waals surface area (Å²) in [5, 5.41) is 16.1. The minimum absolute atomic E-state index is 0.0795. The highest BCUT2D eigenvalue weighted by Crippen LogP contribution is 2.19. The molecule has 1 aliphatic heterocycles. The van der Waals surface area contributed by atoms with E-state index in [9.17, 15) is 19.7 Å². The normalized spacial score (nSPS) is 16.0. The quantitative estimate of drug-likeness (QED) is 0.422. The van der Waals surface area contributed by atoms with Crippen molar-refractivity contribution < 1.29 is 19.4 Å². The molecule has 2 amide bonds. The summed E-state index contributed by atoms with van der Waals surface area (Å²) in [6.07, 6.45) is 0. The van der Waals surface area contributed by atoms with E-state index in [1.807, 2.05) is 6.92 Å². The van der Waals surface area contributed by atoms with Gasteiger partial charge < -0.3 is 20.4 Å². The Morgan fingerprint density at radius 2 is 1.88 bits per heavy atom. The van der Waals surface area contributed by atoms with Crippen molar-refractivity contribution >= 4 is 23.2 Å². The summed E-state index contributed by atoms with van der Waals surface area (Å²) in [5.41, 5.74) is 1.03. The molecule has 1 atom stereocenters. The van der Waals surface area contributed by atoms with Gasteiger partial charge in [-0.1, -0.05) is 0 Å². The van der Waals surface area contributed by atoms with E-state index < -0.39 is 11.0 Å². The van der Waals surface area contributed by atoms with Gasteiger partial charge in [-0.25, -0.2) is 0 Å². The van der Waals surface area contributed by atoms with Crippen molar-refractivity contribution in [1.29, 1.82) is 0 Å². The standard InChI is InChI=1S/C17H25N5O4/c1-3-18-17(24)13(2)19-16(23)12-20-8-10-21(11-9-20)14-4-6-15(7-5-14)22(25)26/h4-7,13H,3,8-12H2,1-2H3,(H,18,24)(H,19,23)/p+1/t13-/m0/s1. The minimum atomic E-state index is -0.539. The summed E-state index contributed by atoms with van der Waals surface area (Å²) in [7, 11) is 0. The number of carbonyl (C=O) groups is 2. The molecule has 0 aliphatic carbocycles. The molecule has 0 radical (unpaired) electrons. The van der Waals surface area contributed by atoms with Gasteiger partial charge in [-0.05, 0) is 26.0 Å². The summed E-state index contributed by atoms with van der Waals surface area (Å²) in [4.78, 5) is 37.4. The first kappa shape index (κ1) is 19.6. The third-order valence-electron chi connectivity index (χ3n) is 4.43. The summed E-state index contributed by atoms with van der Waals surface area (Å²) in [6, 6.07) is 5.98. The lowest BCUT2D eigenvalue weighted by Gasteiger charge is -2.33. The summed E-state index contributed by atoms with van der Waals surface area (Å²) >= 11 is 0. The van der Waals surface area contributed by atoms with Crippen molar-refractivity contribution in [2.75, 3.05) is 44.2 Å². The summed E-state index contributed by atoms with van der Waals surface area (Å²) in [5.74, 6) is -0.318. The number of hydrogen-bond donors (Lipinski definition) is 3. The van der Waals surface area contributed by atoms with Crippen LogP contribution in [-0.4, -0.2) is 62.0 Å². The van der Waals surface area contributed by atoms with Gasteiger partial charge in [-0.3, -0.25) is 19.7 Å². The molecule has 26 heavy (non-hydrogen) atoms. The zero-order valence-electron chi connectivity index (χ0n) is 15.2. The second-order valence-corrected chi connectivity index (χ2v) is 6.37. The van der Waals surface area contributed by atoms with E-state index in [0.29, 0.717) is 13.1 Å². The molecule has 3 N–H and O–H groups in total. The van der Waals surface area contributed by atoms with Crippen LogP contribution >= 0.6 is 0 Å². The molecule has 1 aliphatic rings. The van der Waals surface area contributed by atoms with E-state index in [1.54, 1.807) is 19.1 Å². The fourth-order valence-electron chi connectivity index (χ4n) is 2.96. The van der Waals surface area contributed by atoms with Gasteiger partial charge in [-0.15, -0.1) is 0 Å². The van der Waals surface area contributed by atoms with Crippen LogP contribution in [0.5, 0.6) is 0 Å². The topological polar surface area (TPSA) is 109 Å². The zero-order chi connectivity index (χ0) is 19.1. The summed E-state index contributed by atoms with van der Waals surface area (Å²) < 4.78 is 0. The predicted molar refractivity (Wildman–Crippen MR) is 97.2 cm³/mol. The minimum Gasteiger partial charge on any atom is -0.360 e. The van der Waals surface area contributed by atoms with E-state index in [2.05, 4.69) is 15.5 Å². The highest BCUT2D eigenvalue weighted by Gasteiger charge is 2.24. The number of benzene rings is 1. The average Bonchev–Trinajstić information content (AvgIpc) is 2.62. The maximum atomic E-state index is 12.1. The molecule has 0 saturated carbocycles. The van der Waals surface area contributed by atoms with Crippen molar-refractivity contribution in [3.63, 3.8) is 0 Å². The number of piperazine rings is 1. The lowest BCUT2D eigenvalue weighted by molar-refractivity contribution is -0.892. The van der Waals surface area contributed by atoms with Gasteiger partial charge in [0.1, 0.15) is 6.04 Å². The van der Waals surface area contributed by atoms with Crippen LogP contribution in [0.25, 0.3) is 0 Å². The molecule has 1 heterocycles. The highest BCUT2D eigenvalue weighted by atomic mass is 16.6. The molecule has 0 bridgehead atoms. The smallest absolute Gasteiger partial charge is 0.275 e. The predicted octanol–water partition coefficient (Wildman–Crippen LogP) is -1.06. The molecule has 2 rings (SSSR count). The van der Waals surface area contributed by atoms with Crippen LogP contribution in [0.1, 0.15) is 13.8 Å². The maximum Gasteiger partial charge on any atom is 0.275 e. The van der Waals surface area contributed by atoms with Gasteiger partial charge in [0.15, 0.2) is 6.54 Å². The number of anilines is 1. The first-order valence-electron chi connectivity index (χ1n) is 8.80. The SMILES string of the molecule is CCNC(=O)[C@H](C)NC(=O)C[NH+]1CCN(c2ccc([N+](=O)[O-])cc2)CC1. The largest absolute Gasteiger partial charge is 0.360 e. The van der Waals surface area contributed by atoms with Gasteiger partial charge >= 0.3 is 0 Å². The third kappa shape index (κ3) is 5.41. The molecule has 0 spiro atoms. The number of nitrogens with one attached hydrogen (secondary N) is 3. The Hall–Kier alpha value is -2.68. The molecule has 0 aromatic heterocycles. The fourth-order valence-corrected chi connectivity index (χ4v) is 2.96. The van der Waals surface area contributed by atoms with E-state index in [-0.39, 0.29) is 17.5 Å². The number of nitrogens with zero attached hydrogens (tertiary/aromatic N) is 2. The molecule has 9 heteroatoms. The Morgan fingerprint density at radius 1 is 1.27 bits per heavy atom. The van der Waals surface area contributed by atoms with Crippen LogP contribution in [0.2, 0.25) is 0 Å². The Bertz CT molecular complexity index is 641. The Balaban J connectivity index is 1.78. The van der Waals surface area contributed by atoms with Crippen LogP contribution in [0, 0.1) is 10.1 Å². The first-order valence-corrected chi connectivity index (χ1v) is 8.80. The molecule has 1 aromatic carbocycles. The molecule has 9 nitrogen and oxygen atoms in total. The molecule has 1 fully saturated rings. The Labute approximate surface area is 152 Å². The van der Waals surface area contributed by atoms with Crippen LogP contribution < -0.4 is 20.4 Å². The molecule has 1 aromatic rings. The number of nitro groups is 1. The molecular weight excluding hydrogens is 338 g/mol. The zero-order valence-corrected chi connectivity index (χ0v) is 15.2. The van der Waals surface area contributed by atoms with E-state index in [1.165, 1.54) is 12.1 Å². The van der Waals surface area contributed by atoms with E-state index in [4.69, 9.17) is 0 Å². The monoisotopic (exact) mass is 364 g/mol. The lowest BCUT2D eigenvalue weighted by Crippen LogP contribution is -3.16. The van der Waals surface area contributed by atoms with Crippen molar-refractivity contribution in [2.24, 2.45) is 0 Å². The number of hydrogen-bond acceptors (Lipinski definition) is 5. The Kier molecular flexibility index (Phi) is 6.90. The first-order chi connectivity index (χ1) is 12.4. The van der Waals surface area contributed by atoms with Gasteiger partial charge in [0, 0.05) is 24.4 Å². The third-order valence-corrected chi connectivity index (χ3v) is 4.43. The van der Waals surface area contributed by atoms with Crippen LogP contribution in [0.3, 0.4) is 0 Å². The number of non-ortho nitro benzene ring substituents is 1. The number of rotatable bonds is 7. The summed E-state index contributed by atoms with van der Waals surface area (Å²) in [6.45, 7) is 7.50. The number of carbonyl (C=O) groups excluding carboxylic acids is 2. The number of quaternary nitrogens is 1.